The molecule has 0 saturated carbocycles. The Morgan fingerprint density at radius 3 is 2.69 bits per heavy atom. The highest BCUT2D eigenvalue weighted by Gasteiger charge is 2.37. The first-order chi connectivity index (χ1) is 12.4. The number of carbonyl (C=O) groups excluding carboxylic acids is 2. The fourth-order valence-electron chi connectivity index (χ4n) is 4.23. The summed E-state index contributed by atoms with van der Waals surface area (Å²) in [5, 5.41) is 2.92. The second kappa shape index (κ2) is 7.78. The normalized spacial score (nSPS) is 24.2. The molecule has 0 aliphatic carbocycles. The summed E-state index contributed by atoms with van der Waals surface area (Å²) in [6.07, 6.45) is 2.29. The van der Waals surface area contributed by atoms with Crippen molar-refractivity contribution in [1.82, 2.24) is 15.1 Å². The smallest absolute Gasteiger partial charge is 0.237 e. The molecular weight excluding hydrogens is 326 g/mol. The monoisotopic (exact) mass is 357 g/mol. The van der Waals surface area contributed by atoms with E-state index >= 15 is 0 Å². The number of benzene rings is 1. The number of aryl methyl sites for hydroxylation is 2. The Morgan fingerprint density at radius 1 is 1.23 bits per heavy atom. The van der Waals surface area contributed by atoms with Gasteiger partial charge in [-0.2, -0.15) is 0 Å². The molecule has 2 amide bonds. The van der Waals surface area contributed by atoms with Crippen LogP contribution in [0.1, 0.15) is 55.8 Å². The van der Waals surface area contributed by atoms with Gasteiger partial charge in [0.1, 0.15) is 0 Å². The molecule has 0 bridgehead atoms. The molecule has 2 atom stereocenters. The van der Waals surface area contributed by atoms with Crippen molar-refractivity contribution in [3.05, 3.63) is 34.9 Å². The third-order valence-corrected chi connectivity index (χ3v) is 5.89. The molecule has 1 aromatic rings. The first-order valence-electron chi connectivity index (χ1n) is 9.78. The van der Waals surface area contributed by atoms with Gasteiger partial charge in [-0.15, -0.1) is 0 Å². The third kappa shape index (κ3) is 3.78. The van der Waals surface area contributed by atoms with Crippen molar-refractivity contribution in [2.75, 3.05) is 19.6 Å². The van der Waals surface area contributed by atoms with Crippen molar-refractivity contribution in [3.8, 4) is 0 Å². The Balaban J connectivity index is 1.75. The third-order valence-electron chi connectivity index (χ3n) is 5.89. The van der Waals surface area contributed by atoms with E-state index in [-0.39, 0.29) is 36.4 Å². The molecule has 5 nitrogen and oxygen atoms in total. The largest absolute Gasteiger partial charge is 0.353 e. The zero-order valence-corrected chi connectivity index (χ0v) is 16.4. The average Bonchev–Trinajstić information content (AvgIpc) is 3.08. The van der Waals surface area contributed by atoms with Gasteiger partial charge in [-0.05, 0) is 57.2 Å². The fourth-order valence-corrected chi connectivity index (χ4v) is 4.23. The van der Waals surface area contributed by atoms with E-state index in [4.69, 9.17) is 0 Å². The SMILES string of the molecule is Cc1ccc([C@H]2CCCN2C(=O)C[C@@H]2C(=O)NCCN2C(C)C)cc1C. The Morgan fingerprint density at radius 2 is 2.00 bits per heavy atom. The van der Waals surface area contributed by atoms with Gasteiger partial charge < -0.3 is 10.2 Å². The summed E-state index contributed by atoms with van der Waals surface area (Å²) in [6, 6.07) is 6.54. The molecule has 2 fully saturated rings. The zero-order chi connectivity index (χ0) is 18.8. The molecule has 0 unspecified atom stereocenters. The first-order valence-corrected chi connectivity index (χ1v) is 9.78. The molecule has 1 N–H and O–H groups in total. The van der Waals surface area contributed by atoms with Crippen molar-refractivity contribution in [2.24, 2.45) is 0 Å². The van der Waals surface area contributed by atoms with Crippen molar-refractivity contribution in [3.63, 3.8) is 0 Å². The van der Waals surface area contributed by atoms with E-state index in [0.29, 0.717) is 6.54 Å². The number of piperazine rings is 1. The predicted molar refractivity (Wildman–Crippen MR) is 103 cm³/mol. The van der Waals surface area contributed by atoms with Crippen molar-refractivity contribution in [2.45, 2.75) is 65.1 Å². The molecule has 1 aromatic carbocycles. The van der Waals surface area contributed by atoms with E-state index in [2.05, 4.69) is 56.1 Å². The lowest BCUT2D eigenvalue weighted by Gasteiger charge is -2.38. The zero-order valence-electron chi connectivity index (χ0n) is 16.4. The number of hydrogen-bond acceptors (Lipinski definition) is 3. The van der Waals surface area contributed by atoms with Crippen LogP contribution in [0, 0.1) is 13.8 Å². The van der Waals surface area contributed by atoms with Crippen LogP contribution >= 0.6 is 0 Å². The Hall–Kier alpha value is -1.88. The van der Waals surface area contributed by atoms with Gasteiger partial charge in [0, 0.05) is 25.7 Å². The van der Waals surface area contributed by atoms with Gasteiger partial charge in [0.15, 0.2) is 0 Å². The fraction of sp³-hybridized carbons (Fsp3) is 0.619. The van der Waals surface area contributed by atoms with Crippen molar-refractivity contribution < 1.29 is 9.59 Å². The van der Waals surface area contributed by atoms with Crippen LogP contribution in [0.15, 0.2) is 18.2 Å². The molecular formula is C21H31N3O2. The second-order valence-electron chi connectivity index (χ2n) is 7.93. The number of likely N-dealkylation sites (tertiary alicyclic amines) is 1. The van der Waals surface area contributed by atoms with Gasteiger partial charge in [0.2, 0.25) is 11.8 Å². The molecule has 26 heavy (non-hydrogen) atoms. The van der Waals surface area contributed by atoms with Crippen molar-refractivity contribution >= 4 is 11.8 Å². The summed E-state index contributed by atoms with van der Waals surface area (Å²) in [5.74, 6) is 0.0821. The molecule has 2 heterocycles. The summed E-state index contributed by atoms with van der Waals surface area (Å²) >= 11 is 0. The van der Waals surface area contributed by atoms with E-state index < -0.39 is 0 Å². The molecule has 3 rings (SSSR count). The number of hydrogen-bond donors (Lipinski definition) is 1. The highest BCUT2D eigenvalue weighted by molar-refractivity contribution is 5.89. The van der Waals surface area contributed by atoms with Crippen LogP contribution in [0.3, 0.4) is 0 Å². The van der Waals surface area contributed by atoms with Gasteiger partial charge in [0.25, 0.3) is 0 Å². The number of nitrogens with zero attached hydrogens (tertiary/aromatic N) is 2. The maximum atomic E-state index is 13.1. The maximum Gasteiger partial charge on any atom is 0.237 e. The van der Waals surface area contributed by atoms with Gasteiger partial charge >= 0.3 is 0 Å². The molecule has 2 aliphatic rings. The molecule has 0 radical (unpaired) electrons. The highest BCUT2D eigenvalue weighted by atomic mass is 16.2. The lowest BCUT2D eigenvalue weighted by atomic mass is 9.99. The summed E-state index contributed by atoms with van der Waals surface area (Å²) in [4.78, 5) is 29.6. The van der Waals surface area contributed by atoms with Crippen LogP contribution in [0.25, 0.3) is 0 Å². The first kappa shape index (κ1) is 18.9. The highest BCUT2D eigenvalue weighted by Crippen LogP contribution is 2.33. The quantitative estimate of drug-likeness (QED) is 0.901. The van der Waals surface area contributed by atoms with E-state index in [1.165, 1.54) is 16.7 Å². The minimum atomic E-state index is -0.350. The van der Waals surface area contributed by atoms with Crippen LogP contribution < -0.4 is 5.32 Å². The summed E-state index contributed by atoms with van der Waals surface area (Å²) < 4.78 is 0. The standard InChI is InChI=1S/C21H31N3O2/c1-14(2)23-11-9-22-21(26)19(23)13-20(25)24-10-5-6-18(24)17-8-7-15(3)16(4)12-17/h7-8,12,14,18-19H,5-6,9-11,13H2,1-4H3,(H,22,26)/t18-,19-/m1/s1. The van der Waals surface area contributed by atoms with E-state index in [1.807, 2.05) is 4.90 Å². The van der Waals surface area contributed by atoms with Gasteiger partial charge in [0.05, 0.1) is 18.5 Å². The van der Waals surface area contributed by atoms with E-state index in [9.17, 15) is 9.59 Å². The topological polar surface area (TPSA) is 52.7 Å². The molecule has 0 spiro atoms. The molecule has 2 saturated heterocycles. The lowest BCUT2D eigenvalue weighted by Crippen LogP contribution is -2.58. The molecule has 142 valence electrons. The van der Waals surface area contributed by atoms with Crippen LogP contribution in [-0.2, 0) is 9.59 Å². The number of carbonyl (C=O) groups is 2. The summed E-state index contributed by atoms with van der Waals surface area (Å²) in [6.45, 7) is 10.7. The Bertz CT molecular complexity index is 686. The number of rotatable bonds is 4. The van der Waals surface area contributed by atoms with Gasteiger partial charge in [-0.25, -0.2) is 0 Å². The second-order valence-corrected chi connectivity index (χ2v) is 7.93. The Kier molecular flexibility index (Phi) is 5.66. The maximum absolute atomic E-state index is 13.1. The minimum Gasteiger partial charge on any atom is -0.353 e. The molecule has 5 heteroatoms. The average molecular weight is 357 g/mol. The lowest BCUT2D eigenvalue weighted by molar-refractivity contribution is -0.140. The number of nitrogens with one attached hydrogen (secondary N) is 1. The van der Waals surface area contributed by atoms with Gasteiger partial charge in [-0.3, -0.25) is 14.5 Å². The van der Waals surface area contributed by atoms with E-state index in [1.54, 1.807) is 0 Å². The predicted octanol–water partition coefficient (Wildman–Crippen LogP) is 2.57. The molecule has 0 aromatic heterocycles. The van der Waals surface area contributed by atoms with Crippen molar-refractivity contribution in [1.29, 1.82) is 0 Å². The van der Waals surface area contributed by atoms with Crippen LogP contribution in [0.2, 0.25) is 0 Å². The molecule has 2 aliphatic heterocycles. The van der Waals surface area contributed by atoms with E-state index in [0.717, 1.165) is 25.9 Å². The van der Waals surface area contributed by atoms with Crippen LogP contribution in [0.5, 0.6) is 0 Å². The number of amides is 2. The summed E-state index contributed by atoms with van der Waals surface area (Å²) in [7, 11) is 0. The van der Waals surface area contributed by atoms with Crippen LogP contribution in [-0.4, -0.2) is 53.3 Å². The van der Waals surface area contributed by atoms with Gasteiger partial charge in [-0.1, -0.05) is 18.2 Å². The minimum absolute atomic E-state index is 0.0137. The summed E-state index contributed by atoms with van der Waals surface area (Å²) in [5.41, 5.74) is 3.75. The Labute approximate surface area is 156 Å². The van der Waals surface area contributed by atoms with Crippen LogP contribution in [0.4, 0.5) is 0 Å².